The number of hydrogen-bond acceptors (Lipinski definition) is 3. The van der Waals surface area contributed by atoms with Crippen molar-refractivity contribution in [3.63, 3.8) is 0 Å². The molecule has 0 spiro atoms. The third kappa shape index (κ3) is 3.59. The van der Waals surface area contributed by atoms with E-state index in [1.54, 1.807) is 0 Å². The summed E-state index contributed by atoms with van der Waals surface area (Å²) in [5, 5.41) is 0. The second-order valence-electron chi connectivity index (χ2n) is 5.36. The van der Waals surface area contributed by atoms with Gasteiger partial charge in [-0.05, 0) is 25.8 Å². The van der Waals surface area contributed by atoms with Crippen molar-refractivity contribution in [3.05, 3.63) is 0 Å². The lowest BCUT2D eigenvalue weighted by Gasteiger charge is -2.36. The van der Waals surface area contributed by atoms with Gasteiger partial charge in [-0.25, -0.2) is 10.8 Å². The summed E-state index contributed by atoms with van der Waals surface area (Å²) < 4.78 is 0. The second kappa shape index (κ2) is 6.95. The van der Waals surface area contributed by atoms with Gasteiger partial charge in [0.05, 0.1) is 6.04 Å². The predicted molar refractivity (Wildman–Crippen MR) is 75.3 cm³/mol. The summed E-state index contributed by atoms with van der Waals surface area (Å²) >= 11 is 0. The van der Waals surface area contributed by atoms with Gasteiger partial charge in [-0.2, -0.15) is 0 Å². The number of nitrogens with one attached hydrogen (secondary N) is 1. The summed E-state index contributed by atoms with van der Waals surface area (Å²) in [6.45, 7) is 7.77. The van der Waals surface area contributed by atoms with Crippen LogP contribution in [0.2, 0.25) is 0 Å². The lowest BCUT2D eigenvalue weighted by molar-refractivity contribution is 0.179. The molecule has 3 N–H and O–H groups in total. The van der Waals surface area contributed by atoms with Crippen LogP contribution in [0.4, 0.5) is 0 Å². The average Bonchev–Trinajstić information content (AvgIpc) is 2.90. The zero-order valence-corrected chi connectivity index (χ0v) is 11.6. The van der Waals surface area contributed by atoms with Crippen LogP contribution >= 0.6 is 0 Å². The first-order valence-electron chi connectivity index (χ1n) is 7.35. The van der Waals surface area contributed by atoms with Gasteiger partial charge in [0, 0.05) is 26.2 Å². The Morgan fingerprint density at radius 3 is 2.44 bits per heavy atom. The van der Waals surface area contributed by atoms with Crippen molar-refractivity contribution in [2.45, 2.75) is 45.1 Å². The van der Waals surface area contributed by atoms with Gasteiger partial charge in [-0.15, -0.1) is 0 Å². The minimum atomic E-state index is 0.490. The van der Waals surface area contributed by atoms with Gasteiger partial charge >= 0.3 is 0 Å². The van der Waals surface area contributed by atoms with Crippen LogP contribution in [0.15, 0.2) is 4.99 Å². The van der Waals surface area contributed by atoms with Gasteiger partial charge < -0.3 is 4.90 Å². The first kappa shape index (κ1) is 13.6. The Morgan fingerprint density at radius 2 is 1.89 bits per heavy atom. The Labute approximate surface area is 110 Å². The van der Waals surface area contributed by atoms with Crippen molar-refractivity contribution < 1.29 is 0 Å². The molecule has 1 aliphatic carbocycles. The van der Waals surface area contributed by atoms with E-state index < -0.39 is 0 Å². The van der Waals surface area contributed by atoms with Crippen LogP contribution in [0.1, 0.15) is 39.0 Å². The lowest BCUT2D eigenvalue weighted by Crippen LogP contribution is -2.54. The third-order valence-corrected chi connectivity index (χ3v) is 3.97. The molecule has 104 valence electrons. The number of guanidine groups is 1. The Kier molecular flexibility index (Phi) is 5.26. The number of piperazine rings is 1. The van der Waals surface area contributed by atoms with Gasteiger partial charge in [0.25, 0.3) is 0 Å². The Morgan fingerprint density at radius 1 is 1.22 bits per heavy atom. The summed E-state index contributed by atoms with van der Waals surface area (Å²) in [5.41, 5.74) is 2.80. The number of nitrogens with two attached hydrogens (primary N) is 1. The smallest absolute Gasteiger partial charge is 0.208 e. The Balaban J connectivity index is 1.85. The largest absolute Gasteiger partial charge is 0.339 e. The Bertz CT molecular complexity index is 265. The molecule has 5 nitrogen and oxygen atoms in total. The van der Waals surface area contributed by atoms with E-state index in [4.69, 9.17) is 10.8 Å². The summed E-state index contributed by atoms with van der Waals surface area (Å²) in [7, 11) is 0. The van der Waals surface area contributed by atoms with E-state index >= 15 is 0 Å². The average molecular weight is 253 g/mol. The van der Waals surface area contributed by atoms with E-state index in [1.807, 2.05) is 0 Å². The molecule has 1 aliphatic heterocycles. The van der Waals surface area contributed by atoms with Crippen LogP contribution in [0, 0.1) is 0 Å². The zero-order valence-electron chi connectivity index (χ0n) is 11.6. The molecular formula is C13H27N5. The topological polar surface area (TPSA) is 56.9 Å². The van der Waals surface area contributed by atoms with Crippen molar-refractivity contribution in [2.75, 3.05) is 32.7 Å². The van der Waals surface area contributed by atoms with Crippen molar-refractivity contribution in [1.82, 2.24) is 15.2 Å². The van der Waals surface area contributed by atoms with Crippen LogP contribution in [0.25, 0.3) is 0 Å². The number of hydrogen-bond donors (Lipinski definition) is 2. The first-order valence-corrected chi connectivity index (χ1v) is 7.35. The zero-order chi connectivity index (χ0) is 12.8. The van der Waals surface area contributed by atoms with E-state index in [0.29, 0.717) is 6.04 Å². The molecule has 0 bridgehead atoms. The third-order valence-electron chi connectivity index (χ3n) is 3.97. The lowest BCUT2D eigenvalue weighted by atomic mass is 10.2. The fourth-order valence-corrected chi connectivity index (χ4v) is 2.92. The molecule has 2 aliphatic rings. The minimum absolute atomic E-state index is 0.490. The molecule has 2 fully saturated rings. The van der Waals surface area contributed by atoms with Crippen molar-refractivity contribution in [2.24, 2.45) is 10.8 Å². The molecule has 5 heteroatoms. The molecule has 18 heavy (non-hydrogen) atoms. The molecular weight excluding hydrogens is 226 g/mol. The maximum Gasteiger partial charge on any atom is 0.208 e. The predicted octanol–water partition coefficient (Wildman–Crippen LogP) is 0.776. The van der Waals surface area contributed by atoms with Crippen LogP contribution in [-0.2, 0) is 0 Å². The summed E-state index contributed by atoms with van der Waals surface area (Å²) in [5.74, 6) is 6.54. The molecule has 0 aromatic carbocycles. The van der Waals surface area contributed by atoms with Gasteiger partial charge in [0.15, 0.2) is 0 Å². The van der Waals surface area contributed by atoms with E-state index in [-0.39, 0.29) is 0 Å². The molecule has 0 radical (unpaired) electrons. The minimum Gasteiger partial charge on any atom is -0.339 e. The molecule has 0 amide bonds. The van der Waals surface area contributed by atoms with Crippen LogP contribution in [-0.4, -0.2) is 54.5 Å². The molecule has 1 heterocycles. The highest BCUT2D eigenvalue weighted by Crippen LogP contribution is 2.21. The molecule has 2 rings (SSSR count). The molecule has 0 atom stereocenters. The van der Waals surface area contributed by atoms with E-state index in [2.05, 4.69) is 22.1 Å². The molecule has 1 saturated heterocycles. The number of hydrazine groups is 1. The fourth-order valence-electron chi connectivity index (χ4n) is 2.92. The molecule has 1 saturated carbocycles. The van der Waals surface area contributed by atoms with Gasteiger partial charge in [0.2, 0.25) is 5.96 Å². The van der Waals surface area contributed by atoms with E-state index in [1.165, 1.54) is 38.6 Å². The SMILES string of the molecule is CCCN1CCN(C(=NC2CCCC2)NN)CC1. The molecule has 0 aromatic heterocycles. The van der Waals surface area contributed by atoms with Crippen molar-refractivity contribution in [3.8, 4) is 0 Å². The number of nitrogens with zero attached hydrogens (tertiary/aromatic N) is 3. The van der Waals surface area contributed by atoms with E-state index in [0.717, 1.165) is 32.1 Å². The van der Waals surface area contributed by atoms with Gasteiger partial charge in [-0.1, -0.05) is 19.8 Å². The monoisotopic (exact) mass is 253 g/mol. The fraction of sp³-hybridized carbons (Fsp3) is 0.923. The summed E-state index contributed by atoms with van der Waals surface area (Å²) in [6.07, 6.45) is 6.31. The van der Waals surface area contributed by atoms with Crippen LogP contribution < -0.4 is 11.3 Å². The van der Waals surface area contributed by atoms with Crippen LogP contribution in [0.5, 0.6) is 0 Å². The van der Waals surface area contributed by atoms with Crippen LogP contribution in [0.3, 0.4) is 0 Å². The number of aliphatic imine (C=N–C) groups is 1. The quantitative estimate of drug-likeness (QED) is 0.338. The standard InChI is InChI=1S/C13H27N5/c1-2-7-17-8-10-18(11-9-17)13(16-14)15-12-5-3-4-6-12/h12H,2-11,14H2,1H3,(H,15,16). The maximum atomic E-state index is 5.64. The highest BCUT2D eigenvalue weighted by Gasteiger charge is 2.21. The summed E-state index contributed by atoms with van der Waals surface area (Å²) in [4.78, 5) is 9.59. The summed E-state index contributed by atoms with van der Waals surface area (Å²) in [6, 6.07) is 0.490. The number of rotatable bonds is 3. The van der Waals surface area contributed by atoms with Crippen molar-refractivity contribution in [1.29, 1.82) is 0 Å². The first-order chi connectivity index (χ1) is 8.83. The normalized spacial score (nSPS) is 23.7. The van der Waals surface area contributed by atoms with Gasteiger partial charge in [-0.3, -0.25) is 10.3 Å². The molecule has 0 unspecified atom stereocenters. The highest BCUT2D eigenvalue weighted by atomic mass is 15.4. The Hall–Kier alpha value is -0.810. The van der Waals surface area contributed by atoms with Crippen molar-refractivity contribution >= 4 is 5.96 Å². The maximum absolute atomic E-state index is 5.64. The van der Waals surface area contributed by atoms with Gasteiger partial charge in [0.1, 0.15) is 0 Å². The van der Waals surface area contributed by atoms with E-state index in [9.17, 15) is 0 Å². The molecule has 0 aromatic rings. The second-order valence-corrected chi connectivity index (χ2v) is 5.36. The highest BCUT2D eigenvalue weighted by molar-refractivity contribution is 5.79.